The van der Waals surface area contributed by atoms with E-state index in [1.807, 2.05) is 46.6 Å². The normalized spacial score (nSPS) is 18.0. The fourth-order valence-corrected chi connectivity index (χ4v) is 5.46. The molecule has 36 heavy (non-hydrogen) atoms. The van der Waals surface area contributed by atoms with Gasteiger partial charge in [-0.15, -0.1) is 0 Å². The molecule has 4 heterocycles. The van der Waals surface area contributed by atoms with Crippen LogP contribution in [0.1, 0.15) is 50.0 Å². The summed E-state index contributed by atoms with van der Waals surface area (Å²) < 4.78 is 3.32. The van der Waals surface area contributed by atoms with Crippen molar-refractivity contribution in [3.05, 3.63) is 87.0 Å². The second-order valence-corrected chi connectivity index (χ2v) is 9.95. The Hall–Kier alpha value is -3.36. The van der Waals surface area contributed by atoms with Crippen LogP contribution in [-0.4, -0.2) is 55.0 Å². The van der Waals surface area contributed by atoms with Gasteiger partial charge in [0, 0.05) is 50.2 Å². The first-order valence-electron chi connectivity index (χ1n) is 11.7. The Labute approximate surface area is 218 Å². The predicted molar refractivity (Wildman–Crippen MR) is 139 cm³/mol. The molecular formula is C26H26Cl2N6O2. The number of nitrogens with zero attached hydrogens (tertiary/aromatic N) is 5. The molecule has 2 amide bonds. The third-order valence-corrected chi connectivity index (χ3v) is 7.53. The lowest BCUT2D eigenvalue weighted by Gasteiger charge is -2.39. The fraction of sp³-hybridized carbons (Fsp3) is 0.308. The zero-order valence-electron chi connectivity index (χ0n) is 20.2. The molecule has 1 N–H and O–H groups in total. The Morgan fingerprint density at radius 3 is 2.58 bits per heavy atom. The van der Waals surface area contributed by atoms with E-state index in [0.717, 1.165) is 11.3 Å². The molecule has 0 aliphatic carbocycles. The predicted octanol–water partition coefficient (Wildman–Crippen LogP) is 4.42. The minimum Gasteiger partial charge on any atom is -0.348 e. The summed E-state index contributed by atoms with van der Waals surface area (Å²) >= 11 is 12.8. The Kier molecular flexibility index (Phi) is 6.49. The van der Waals surface area contributed by atoms with Crippen LogP contribution in [-0.2, 0) is 7.05 Å². The molecule has 1 aromatic carbocycles. The molecule has 2 atom stereocenters. The first kappa shape index (κ1) is 24.3. The summed E-state index contributed by atoms with van der Waals surface area (Å²) in [5.74, 6) is -0.467. The van der Waals surface area contributed by atoms with Crippen LogP contribution in [0, 0.1) is 13.8 Å². The lowest BCUT2D eigenvalue weighted by molar-refractivity contribution is 0.0671. The summed E-state index contributed by atoms with van der Waals surface area (Å²) in [5, 5.41) is 8.15. The van der Waals surface area contributed by atoms with E-state index >= 15 is 0 Å². The van der Waals surface area contributed by atoms with E-state index < -0.39 is 0 Å². The topological polar surface area (TPSA) is 84.5 Å². The number of amides is 2. The summed E-state index contributed by atoms with van der Waals surface area (Å²) in [6, 6.07) is 11.4. The third kappa shape index (κ3) is 4.35. The largest absolute Gasteiger partial charge is 0.348 e. The van der Waals surface area contributed by atoms with E-state index in [0.29, 0.717) is 52.2 Å². The molecule has 1 aliphatic rings. The molecule has 0 bridgehead atoms. The zero-order chi connectivity index (χ0) is 25.6. The highest BCUT2D eigenvalue weighted by molar-refractivity contribution is 6.34. The van der Waals surface area contributed by atoms with Crippen LogP contribution in [0.25, 0.3) is 5.65 Å². The number of nitrogens with one attached hydrogen (secondary N) is 1. The molecule has 0 radical (unpaired) electrons. The number of aryl methyl sites for hydroxylation is 3. The number of fused-ring (bicyclic) bond motifs is 1. The SMILES string of the molecule is Cc1nn(C)c(Cl)c1C(=O)N[C@@H]1CCN(C(=O)c2cc(Cl)c3ncc(C)n3c2)C[C@@H]1c1ccccc1. The molecule has 8 nitrogen and oxygen atoms in total. The van der Waals surface area contributed by atoms with E-state index in [4.69, 9.17) is 23.2 Å². The summed E-state index contributed by atoms with van der Waals surface area (Å²) in [7, 11) is 1.71. The van der Waals surface area contributed by atoms with E-state index in [1.165, 1.54) is 4.68 Å². The lowest BCUT2D eigenvalue weighted by atomic mass is 9.85. The van der Waals surface area contributed by atoms with E-state index in [-0.39, 0.29) is 23.8 Å². The number of carbonyl (C=O) groups excluding carboxylic acids is 2. The number of aromatic nitrogens is 4. The monoisotopic (exact) mass is 524 g/mol. The number of rotatable bonds is 4. The van der Waals surface area contributed by atoms with Gasteiger partial charge in [0.15, 0.2) is 5.65 Å². The highest BCUT2D eigenvalue weighted by Gasteiger charge is 2.35. The van der Waals surface area contributed by atoms with Crippen molar-refractivity contribution in [1.82, 2.24) is 29.4 Å². The fourth-order valence-electron chi connectivity index (χ4n) is 4.94. The molecule has 5 rings (SSSR count). The van der Waals surface area contributed by atoms with Gasteiger partial charge < -0.3 is 14.6 Å². The van der Waals surface area contributed by atoms with Gasteiger partial charge in [-0.25, -0.2) is 4.98 Å². The summed E-state index contributed by atoms with van der Waals surface area (Å²) in [4.78, 5) is 32.9. The highest BCUT2D eigenvalue weighted by Crippen LogP contribution is 2.30. The number of imidazole rings is 1. The van der Waals surface area contributed by atoms with Gasteiger partial charge in [0.25, 0.3) is 11.8 Å². The maximum atomic E-state index is 13.6. The molecule has 0 saturated carbocycles. The lowest BCUT2D eigenvalue weighted by Crippen LogP contribution is -2.51. The number of likely N-dealkylation sites (tertiary alicyclic amines) is 1. The van der Waals surface area contributed by atoms with Gasteiger partial charge in [-0.2, -0.15) is 5.10 Å². The second kappa shape index (κ2) is 9.59. The summed E-state index contributed by atoms with van der Waals surface area (Å²) in [6.45, 7) is 4.62. The number of halogens is 2. The number of carbonyl (C=O) groups is 2. The summed E-state index contributed by atoms with van der Waals surface area (Å²) in [5.41, 5.74) is 4.02. The zero-order valence-corrected chi connectivity index (χ0v) is 21.7. The number of hydrogen-bond donors (Lipinski definition) is 1. The summed E-state index contributed by atoms with van der Waals surface area (Å²) in [6.07, 6.45) is 4.10. The van der Waals surface area contributed by atoms with Crippen molar-refractivity contribution in [3.8, 4) is 0 Å². The second-order valence-electron chi connectivity index (χ2n) is 9.18. The molecular weight excluding hydrogens is 499 g/mol. The third-order valence-electron chi connectivity index (χ3n) is 6.82. The Morgan fingerprint density at radius 2 is 1.89 bits per heavy atom. The van der Waals surface area contributed by atoms with Crippen molar-refractivity contribution in [1.29, 1.82) is 0 Å². The Morgan fingerprint density at radius 1 is 1.14 bits per heavy atom. The molecule has 4 aromatic rings. The van der Waals surface area contributed by atoms with Gasteiger partial charge >= 0.3 is 0 Å². The van der Waals surface area contributed by atoms with Crippen LogP contribution in [0.3, 0.4) is 0 Å². The van der Waals surface area contributed by atoms with Gasteiger partial charge in [0.05, 0.1) is 21.8 Å². The average molecular weight is 525 g/mol. The van der Waals surface area contributed by atoms with Crippen LogP contribution in [0.4, 0.5) is 0 Å². The molecule has 0 spiro atoms. The smallest absolute Gasteiger partial charge is 0.256 e. The maximum absolute atomic E-state index is 13.6. The van der Waals surface area contributed by atoms with Crippen LogP contribution < -0.4 is 5.32 Å². The minimum atomic E-state index is -0.260. The number of hydrogen-bond acceptors (Lipinski definition) is 4. The average Bonchev–Trinajstić information content (AvgIpc) is 3.37. The van der Waals surface area contributed by atoms with Gasteiger partial charge in [-0.1, -0.05) is 53.5 Å². The van der Waals surface area contributed by atoms with E-state index in [1.54, 1.807) is 32.4 Å². The van der Waals surface area contributed by atoms with Crippen molar-refractivity contribution in [2.24, 2.45) is 7.05 Å². The van der Waals surface area contributed by atoms with Crippen LogP contribution in [0.15, 0.2) is 48.8 Å². The van der Waals surface area contributed by atoms with Crippen molar-refractivity contribution >= 4 is 40.7 Å². The molecule has 1 aliphatic heterocycles. The van der Waals surface area contributed by atoms with Crippen LogP contribution in [0.5, 0.6) is 0 Å². The molecule has 1 fully saturated rings. The van der Waals surface area contributed by atoms with E-state index in [9.17, 15) is 9.59 Å². The Balaban J connectivity index is 1.42. The first-order chi connectivity index (χ1) is 17.2. The quantitative estimate of drug-likeness (QED) is 0.428. The molecule has 1 saturated heterocycles. The Bertz CT molecular complexity index is 1460. The van der Waals surface area contributed by atoms with Crippen molar-refractivity contribution in [3.63, 3.8) is 0 Å². The maximum Gasteiger partial charge on any atom is 0.256 e. The van der Waals surface area contributed by atoms with Crippen LogP contribution >= 0.6 is 23.2 Å². The highest BCUT2D eigenvalue weighted by atomic mass is 35.5. The van der Waals surface area contributed by atoms with Gasteiger partial charge in [-0.3, -0.25) is 14.3 Å². The number of pyridine rings is 1. The van der Waals surface area contributed by atoms with Crippen molar-refractivity contribution < 1.29 is 9.59 Å². The molecule has 10 heteroatoms. The van der Waals surface area contributed by atoms with Crippen LogP contribution in [0.2, 0.25) is 10.2 Å². The van der Waals surface area contributed by atoms with Gasteiger partial charge in [0.1, 0.15) is 5.15 Å². The molecule has 0 unspecified atom stereocenters. The number of piperidine rings is 1. The van der Waals surface area contributed by atoms with Gasteiger partial charge in [-0.05, 0) is 31.9 Å². The first-order valence-corrected chi connectivity index (χ1v) is 12.5. The van der Waals surface area contributed by atoms with Gasteiger partial charge in [0.2, 0.25) is 0 Å². The standard InChI is InChI=1S/C26H26Cl2N6O2/c1-15-12-29-24-20(27)11-18(13-34(15)24)26(36)33-10-9-21(19(14-33)17-7-5-4-6-8-17)30-25(35)22-16(2)31-32(3)23(22)28/h4-8,11-13,19,21H,9-10,14H2,1-3H3,(H,30,35)/t19-,21-/m1/s1. The van der Waals surface area contributed by atoms with E-state index in [2.05, 4.69) is 15.4 Å². The van der Waals surface area contributed by atoms with Crippen molar-refractivity contribution in [2.75, 3.05) is 13.1 Å². The number of benzene rings is 1. The minimum absolute atomic E-state index is 0.0993. The van der Waals surface area contributed by atoms with Crippen molar-refractivity contribution in [2.45, 2.75) is 32.2 Å². The molecule has 186 valence electrons. The molecule has 3 aromatic heterocycles.